The molecule has 106 valence electrons. The second-order valence-corrected chi connectivity index (χ2v) is 4.89. The van der Waals surface area contributed by atoms with Gasteiger partial charge in [-0.15, -0.1) is 0 Å². The lowest BCUT2D eigenvalue weighted by Crippen LogP contribution is -2.25. The minimum Gasteiger partial charge on any atom is -0.496 e. The van der Waals surface area contributed by atoms with Crippen molar-refractivity contribution in [3.8, 4) is 5.75 Å². The minimum atomic E-state index is -1.43. The van der Waals surface area contributed by atoms with Crippen molar-refractivity contribution >= 4 is 0 Å². The van der Waals surface area contributed by atoms with Gasteiger partial charge in [-0.25, -0.2) is 8.78 Å². The van der Waals surface area contributed by atoms with Crippen LogP contribution in [0.2, 0.25) is 0 Å². The van der Waals surface area contributed by atoms with Gasteiger partial charge in [0.25, 0.3) is 0 Å². The lowest BCUT2D eigenvalue weighted by atomic mass is 9.88. The topological polar surface area (TPSA) is 29.5 Å². The van der Waals surface area contributed by atoms with E-state index in [1.807, 2.05) is 0 Å². The predicted octanol–water partition coefficient (Wildman–Crippen LogP) is 3.42. The van der Waals surface area contributed by atoms with E-state index >= 15 is 0 Å². The van der Waals surface area contributed by atoms with Crippen LogP contribution in [0.15, 0.2) is 42.5 Å². The number of hydrogen-bond acceptors (Lipinski definition) is 2. The average Bonchev–Trinajstić information content (AvgIpc) is 2.41. The Bertz CT molecular complexity index is 609. The Morgan fingerprint density at radius 2 is 1.85 bits per heavy atom. The van der Waals surface area contributed by atoms with Crippen LogP contribution in [0.1, 0.15) is 18.1 Å². The quantitative estimate of drug-likeness (QED) is 0.928. The maximum absolute atomic E-state index is 13.7. The number of benzene rings is 2. The van der Waals surface area contributed by atoms with Crippen molar-refractivity contribution in [1.29, 1.82) is 0 Å². The summed E-state index contributed by atoms with van der Waals surface area (Å²) in [5.41, 5.74) is -0.776. The van der Waals surface area contributed by atoms with Crippen LogP contribution in [0.3, 0.4) is 0 Å². The van der Waals surface area contributed by atoms with Crippen LogP contribution in [0, 0.1) is 11.6 Å². The molecule has 2 aromatic carbocycles. The Balaban J connectivity index is 2.40. The molecule has 0 aliphatic carbocycles. The lowest BCUT2D eigenvalue weighted by molar-refractivity contribution is 0.0537. The maximum atomic E-state index is 13.7. The highest BCUT2D eigenvalue weighted by atomic mass is 19.1. The number of ether oxygens (including phenoxy) is 1. The van der Waals surface area contributed by atoms with E-state index in [-0.39, 0.29) is 6.42 Å². The first kappa shape index (κ1) is 14.5. The van der Waals surface area contributed by atoms with Gasteiger partial charge in [0.15, 0.2) is 0 Å². The second-order valence-electron chi connectivity index (χ2n) is 4.89. The summed E-state index contributed by atoms with van der Waals surface area (Å²) in [6.45, 7) is 1.51. The summed E-state index contributed by atoms with van der Waals surface area (Å²) in [7, 11) is 1.44. The van der Waals surface area contributed by atoms with E-state index in [2.05, 4.69) is 0 Å². The number of hydrogen-bond donors (Lipinski definition) is 1. The molecule has 0 aromatic heterocycles. The molecule has 0 amide bonds. The zero-order valence-corrected chi connectivity index (χ0v) is 11.4. The molecule has 0 bridgehead atoms. The van der Waals surface area contributed by atoms with E-state index in [0.717, 1.165) is 0 Å². The Morgan fingerprint density at radius 1 is 1.15 bits per heavy atom. The van der Waals surface area contributed by atoms with Crippen molar-refractivity contribution in [3.63, 3.8) is 0 Å². The smallest absolute Gasteiger partial charge is 0.126 e. The maximum Gasteiger partial charge on any atom is 0.126 e. The zero-order valence-electron chi connectivity index (χ0n) is 11.4. The van der Waals surface area contributed by atoms with Gasteiger partial charge in [0.2, 0.25) is 0 Å². The highest BCUT2D eigenvalue weighted by molar-refractivity contribution is 5.39. The van der Waals surface area contributed by atoms with Crippen LogP contribution in [0.5, 0.6) is 5.75 Å². The molecule has 0 radical (unpaired) electrons. The van der Waals surface area contributed by atoms with Crippen molar-refractivity contribution in [2.24, 2.45) is 0 Å². The lowest BCUT2D eigenvalue weighted by Gasteiger charge is -2.26. The molecule has 0 saturated heterocycles. The molecule has 1 unspecified atom stereocenters. The highest BCUT2D eigenvalue weighted by Crippen LogP contribution is 2.33. The SMILES string of the molecule is COc1ccc(F)cc1C(C)(O)Cc1ccccc1F. The summed E-state index contributed by atoms with van der Waals surface area (Å²) in [6, 6.07) is 10.1. The van der Waals surface area contributed by atoms with Gasteiger partial charge in [-0.1, -0.05) is 18.2 Å². The molecule has 4 heteroatoms. The third kappa shape index (κ3) is 2.96. The Kier molecular flexibility index (Phi) is 4.04. The summed E-state index contributed by atoms with van der Waals surface area (Å²) in [5, 5.41) is 10.6. The molecular weight excluding hydrogens is 262 g/mol. The summed E-state index contributed by atoms with van der Waals surface area (Å²) in [4.78, 5) is 0. The van der Waals surface area contributed by atoms with Crippen LogP contribution in [0.4, 0.5) is 8.78 Å². The molecule has 1 N–H and O–H groups in total. The van der Waals surface area contributed by atoms with Gasteiger partial charge in [0.05, 0.1) is 12.7 Å². The monoisotopic (exact) mass is 278 g/mol. The third-order valence-electron chi connectivity index (χ3n) is 3.23. The first-order valence-electron chi connectivity index (χ1n) is 6.24. The summed E-state index contributed by atoms with van der Waals surface area (Å²) < 4.78 is 32.2. The van der Waals surface area contributed by atoms with Crippen molar-refractivity contribution in [2.45, 2.75) is 18.9 Å². The van der Waals surface area contributed by atoms with Gasteiger partial charge in [-0.2, -0.15) is 0 Å². The molecule has 20 heavy (non-hydrogen) atoms. The van der Waals surface area contributed by atoms with E-state index in [1.54, 1.807) is 18.2 Å². The largest absolute Gasteiger partial charge is 0.496 e. The normalized spacial score (nSPS) is 13.8. The number of halogens is 2. The van der Waals surface area contributed by atoms with Crippen molar-refractivity contribution in [1.82, 2.24) is 0 Å². The Hall–Kier alpha value is -1.94. The van der Waals surface area contributed by atoms with Crippen LogP contribution < -0.4 is 4.74 Å². The highest BCUT2D eigenvalue weighted by Gasteiger charge is 2.28. The predicted molar refractivity (Wildman–Crippen MR) is 72.6 cm³/mol. The molecule has 0 heterocycles. The molecule has 2 nitrogen and oxygen atoms in total. The summed E-state index contributed by atoms with van der Waals surface area (Å²) >= 11 is 0. The van der Waals surface area contributed by atoms with E-state index in [9.17, 15) is 13.9 Å². The Morgan fingerprint density at radius 3 is 2.50 bits per heavy atom. The number of methoxy groups -OCH3 is 1. The molecule has 0 spiro atoms. The summed E-state index contributed by atoms with van der Waals surface area (Å²) in [5.74, 6) is -0.509. The van der Waals surface area contributed by atoms with Crippen molar-refractivity contribution in [3.05, 3.63) is 65.2 Å². The van der Waals surface area contributed by atoms with Gasteiger partial charge in [0.1, 0.15) is 17.4 Å². The number of rotatable bonds is 4. The molecule has 2 rings (SSSR count). The standard InChI is InChI=1S/C16H16F2O2/c1-16(19,10-11-5-3-4-6-14(11)18)13-9-12(17)7-8-15(13)20-2/h3-9,19H,10H2,1-2H3. The molecule has 0 saturated carbocycles. The van der Waals surface area contributed by atoms with E-state index < -0.39 is 17.2 Å². The molecule has 0 aliphatic heterocycles. The number of aliphatic hydroxyl groups is 1. The van der Waals surface area contributed by atoms with Crippen molar-refractivity contribution < 1.29 is 18.6 Å². The Labute approximate surface area is 116 Å². The van der Waals surface area contributed by atoms with E-state index in [4.69, 9.17) is 4.74 Å². The zero-order chi connectivity index (χ0) is 14.8. The van der Waals surface area contributed by atoms with Gasteiger partial charge < -0.3 is 9.84 Å². The molecule has 2 aromatic rings. The summed E-state index contributed by atoms with van der Waals surface area (Å²) in [6.07, 6.45) is 0.0273. The fourth-order valence-corrected chi connectivity index (χ4v) is 2.21. The molecule has 0 aliphatic rings. The van der Waals surface area contributed by atoms with Crippen LogP contribution >= 0.6 is 0 Å². The van der Waals surface area contributed by atoms with E-state index in [1.165, 1.54) is 38.3 Å². The van der Waals surface area contributed by atoms with Crippen LogP contribution in [0.25, 0.3) is 0 Å². The fourth-order valence-electron chi connectivity index (χ4n) is 2.21. The average molecular weight is 278 g/mol. The molecular formula is C16H16F2O2. The second kappa shape index (κ2) is 5.59. The van der Waals surface area contributed by atoms with Gasteiger partial charge in [-0.3, -0.25) is 0 Å². The third-order valence-corrected chi connectivity index (χ3v) is 3.23. The first-order valence-corrected chi connectivity index (χ1v) is 6.24. The van der Waals surface area contributed by atoms with E-state index in [0.29, 0.717) is 16.9 Å². The van der Waals surface area contributed by atoms with Crippen LogP contribution in [-0.4, -0.2) is 12.2 Å². The molecule has 0 fully saturated rings. The van der Waals surface area contributed by atoms with Gasteiger partial charge in [0, 0.05) is 12.0 Å². The minimum absolute atomic E-state index is 0.0273. The fraction of sp³-hybridized carbons (Fsp3) is 0.250. The van der Waals surface area contributed by atoms with Crippen LogP contribution in [-0.2, 0) is 12.0 Å². The van der Waals surface area contributed by atoms with Gasteiger partial charge in [-0.05, 0) is 36.8 Å². The van der Waals surface area contributed by atoms with Crippen molar-refractivity contribution in [2.75, 3.05) is 7.11 Å². The molecule has 1 atom stereocenters. The van der Waals surface area contributed by atoms with Gasteiger partial charge >= 0.3 is 0 Å². The first-order chi connectivity index (χ1) is 9.44.